The summed E-state index contributed by atoms with van der Waals surface area (Å²) < 4.78 is 7.30. The summed E-state index contributed by atoms with van der Waals surface area (Å²) in [5.41, 5.74) is 7.26. The van der Waals surface area contributed by atoms with E-state index >= 15 is 0 Å². The molecule has 9 heteroatoms. The van der Waals surface area contributed by atoms with Crippen LogP contribution in [0.1, 0.15) is 31.8 Å². The third kappa shape index (κ3) is 2.56. The molecule has 0 unspecified atom stereocenters. The fraction of sp³-hybridized carbons (Fsp3) is 0.533. The molecule has 1 fully saturated rings. The van der Waals surface area contributed by atoms with Gasteiger partial charge in [-0.25, -0.2) is 4.98 Å². The Bertz CT molecular complexity index is 780. The molecule has 1 aromatic heterocycles. The Morgan fingerprint density at radius 3 is 2.54 bits per heavy atom. The van der Waals surface area contributed by atoms with Crippen LogP contribution in [0.25, 0.3) is 11.0 Å². The number of aromatic nitrogens is 2. The molecule has 0 saturated carbocycles. The number of ether oxygens (including phenoxy) is 1. The molecular formula is C15H19Cl2N3O4. The second-order valence-electron chi connectivity index (χ2n) is 6.18. The molecule has 0 radical (unpaired) electrons. The van der Waals surface area contributed by atoms with Gasteiger partial charge in [-0.15, -0.1) is 0 Å². The van der Waals surface area contributed by atoms with Crippen LogP contribution in [0.3, 0.4) is 0 Å². The monoisotopic (exact) mass is 375 g/mol. The Morgan fingerprint density at radius 1 is 1.33 bits per heavy atom. The molecule has 2 heterocycles. The molecule has 7 nitrogen and oxygen atoms in total. The lowest BCUT2D eigenvalue weighted by atomic mass is 10.1. The van der Waals surface area contributed by atoms with Gasteiger partial charge in [0.25, 0.3) is 0 Å². The number of aliphatic hydroxyl groups is 3. The maximum absolute atomic E-state index is 10.4. The molecule has 24 heavy (non-hydrogen) atoms. The Labute approximate surface area is 148 Å². The van der Waals surface area contributed by atoms with E-state index in [1.165, 1.54) is 0 Å². The number of hydrogen-bond acceptors (Lipinski definition) is 6. The van der Waals surface area contributed by atoms with E-state index in [0.717, 1.165) is 0 Å². The second-order valence-corrected chi connectivity index (χ2v) is 6.96. The number of imidazole rings is 1. The van der Waals surface area contributed by atoms with Crippen molar-refractivity contribution in [2.45, 2.75) is 44.3 Å². The molecule has 0 aliphatic carbocycles. The molecule has 1 aliphatic rings. The topological polar surface area (TPSA) is 114 Å². The average molecular weight is 376 g/mol. The predicted molar refractivity (Wildman–Crippen MR) is 91.3 cm³/mol. The minimum absolute atomic E-state index is 0.0181. The lowest BCUT2D eigenvalue weighted by molar-refractivity contribution is -0.0522. The lowest BCUT2D eigenvalue weighted by Gasteiger charge is -2.21. The third-order valence-corrected chi connectivity index (χ3v) is 5.03. The molecule has 5 N–H and O–H groups in total. The zero-order chi connectivity index (χ0) is 17.8. The van der Waals surface area contributed by atoms with Crippen LogP contribution in [0, 0.1) is 0 Å². The number of nitrogens with zero attached hydrogens (tertiary/aromatic N) is 2. The van der Waals surface area contributed by atoms with Gasteiger partial charge in [0.2, 0.25) is 0 Å². The van der Waals surface area contributed by atoms with E-state index in [4.69, 9.17) is 33.7 Å². The summed E-state index contributed by atoms with van der Waals surface area (Å²) in [6.07, 6.45) is -4.25. The van der Waals surface area contributed by atoms with Crippen LogP contribution in [-0.2, 0) is 4.74 Å². The molecule has 1 saturated heterocycles. The molecule has 0 bridgehead atoms. The minimum Gasteiger partial charge on any atom is -0.396 e. The molecule has 4 atom stereocenters. The highest BCUT2D eigenvalue weighted by Crippen LogP contribution is 2.40. The van der Waals surface area contributed by atoms with Gasteiger partial charge in [-0.2, -0.15) is 0 Å². The summed E-state index contributed by atoms with van der Waals surface area (Å²) in [4.78, 5) is 4.53. The van der Waals surface area contributed by atoms with Crippen molar-refractivity contribution in [3.8, 4) is 0 Å². The summed E-state index contributed by atoms with van der Waals surface area (Å²) in [5.74, 6) is 0.584. The Kier molecular flexibility index (Phi) is 4.67. The fourth-order valence-electron chi connectivity index (χ4n) is 2.98. The maximum Gasteiger partial charge on any atom is 0.164 e. The van der Waals surface area contributed by atoms with E-state index in [1.807, 2.05) is 13.8 Å². The summed E-state index contributed by atoms with van der Waals surface area (Å²) in [7, 11) is 0. The van der Waals surface area contributed by atoms with Crippen molar-refractivity contribution in [1.29, 1.82) is 0 Å². The Hall–Kier alpha value is -1.09. The van der Waals surface area contributed by atoms with Crippen molar-refractivity contribution < 1.29 is 20.1 Å². The van der Waals surface area contributed by atoms with Crippen LogP contribution in [0.15, 0.2) is 6.07 Å². The van der Waals surface area contributed by atoms with Gasteiger partial charge >= 0.3 is 0 Å². The van der Waals surface area contributed by atoms with Crippen molar-refractivity contribution in [1.82, 2.24) is 9.55 Å². The van der Waals surface area contributed by atoms with E-state index in [1.54, 1.807) is 10.6 Å². The van der Waals surface area contributed by atoms with Crippen LogP contribution in [-0.4, -0.2) is 49.8 Å². The first-order chi connectivity index (χ1) is 11.3. The summed E-state index contributed by atoms with van der Waals surface area (Å²) >= 11 is 12.2. The maximum atomic E-state index is 10.4. The lowest BCUT2D eigenvalue weighted by Crippen LogP contribution is -2.33. The molecular weight excluding hydrogens is 357 g/mol. The number of fused-ring (bicyclic) bond motifs is 1. The molecule has 0 amide bonds. The highest BCUT2D eigenvalue weighted by atomic mass is 35.5. The highest BCUT2D eigenvalue weighted by molar-refractivity contribution is 6.44. The Balaban J connectivity index is 2.25. The first-order valence-corrected chi connectivity index (χ1v) is 8.31. The summed E-state index contributed by atoms with van der Waals surface area (Å²) in [6, 6.07) is 1.60. The van der Waals surface area contributed by atoms with Gasteiger partial charge in [0.1, 0.15) is 29.7 Å². The number of rotatable bonds is 3. The molecule has 0 spiro atoms. The Morgan fingerprint density at radius 2 is 2.00 bits per heavy atom. The van der Waals surface area contributed by atoms with Crippen molar-refractivity contribution in [3.63, 3.8) is 0 Å². The normalized spacial score (nSPS) is 27.5. The summed E-state index contributed by atoms with van der Waals surface area (Å²) in [6.45, 7) is 3.45. The van der Waals surface area contributed by atoms with Crippen molar-refractivity contribution in [2.75, 3.05) is 12.3 Å². The van der Waals surface area contributed by atoms with E-state index in [-0.39, 0.29) is 21.7 Å². The second kappa shape index (κ2) is 6.33. The zero-order valence-electron chi connectivity index (χ0n) is 13.1. The number of halogens is 2. The fourth-order valence-corrected chi connectivity index (χ4v) is 3.33. The van der Waals surface area contributed by atoms with Crippen molar-refractivity contribution in [2.24, 2.45) is 0 Å². The van der Waals surface area contributed by atoms with E-state index in [9.17, 15) is 15.3 Å². The first kappa shape index (κ1) is 17.7. The number of hydrogen-bond donors (Lipinski definition) is 4. The standard InChI is InChI=1S/C15H19Cl2N3O4/c1-5(2)14-19-11-7(3-6(16)9(17)10(11)18)20(14)15-13(23)12(22)8(4-21)24-15/h3,5,8,12-13,15,21-23H,4,18H2,1-2H3/t8-,12-,13-,15-/m0/s1. The van der Waals surface area contributed by atoms with Crippen molar-refractivity contribution in [3.05, 3.63) is 21.9 Å². The van der Waals surface area contributed by atoms with Crippen molar-refractivity contribution >= 4 is 39.9 Å². The van der Waals surface area contributed by atoms with Gasteiger partial charge in [-0.3, -0.25) is 4.57 Å². The van der Waals surface area contributed by atoms with Gasteiger partial charge in [-0.05, 0) is 6.07 Å². The highest BCUT2D eigenvalue weighted by Gasteiger charge is 2.44. The number of aliphatic hydroxyl groups excluding tert-OH is 3. The van der Waals surface area contributed by atoms with Gasteiger partial charge in [0.05, 0.1) is 27.9 Å². The van der Waals surface area contributed by atoms with Gasteiger partial charge in [0.15, 0.2) is 6.23 Å². The number of nitrogens with two attached hydrogens (primary N) is 1. The van der Waals surface area contributed by atoms with E-state index in [2.05, 4.69) is 4.98 Å². The van der Waals surface area contributed by atoms with Crippen LogP contribution in [0.4, 0.5) is 5.69 Å². The molecule has 1 aromatic carbocycles. The number of benzene rings is 1. The quantitative estimate of drug-likeness (QED) is 0.606. The van der Waals surface area contributed by atoms with Crippen LogP contribution in [0.2, 0.25) is 10.0 Å². The molecule has 132 valence electrons. The smallest absolute Gasteiger partial charge is 0.164 e. The number of nitrogen functional groups attached to an aromatic ring is 1. The average Bonchev–Trinajstić information content (AvgIpc) is 3.04. The van der Waals surface area contributed by atoms with Gasteiger partial charge in [-0.1, -0.05) is 37.0 Å². The summed E-state index contributed by atoms with van der Waals surface area (Å²) in [5, 5.41) is 30.2. The molecule has 2 aromatic rings. The van der Waals surface area contributed by atoms with Crippen LogP contribution in [0.5, 0.6) is 0 Å². The van der Waals surface area contributed by atoms with Crippen LogP contribution < -0.4 is 5.73 Å². The number of anilines is 1. The largest absolute Gasteiger partial charge is 0.396 e. The molecule has 1 aliphatic heterocycles. The van der Waals surface area contributed by atoms with E-state index in [0.29, 0.717) is 16.9 Å². The zero-order valence-corrected chi connectivity index (χ0v) is 14.7. The predicted octanol–water partition coefficient (Wildman–Crippen LogP) is 1.66. The van der Waals surface area contributed by atoms with Gasteiger partial charge in [0, 0.05) is 5.92 Å². The van der Waals surface area contributed by atoms with Crippen LogP contribution >= 0.6 is 23.2 Å². The SMILES string of the molecule is CC(C)c1nc2c(N)c(Cl)c(Cl)cc2n1[C@H]1O[C@@H](CO)[C@H](O)[C@@H]1O. The third-order valence-electron chi connectivity index (χ3n) is 4.23. The molecule has 3 rings (SSSR count). The van der Waals surface area contributed by atoms with E-state index < -0.39 is 31.1 Å². The first-order valence-electron chi connectivity index (χ1n) is 7.55. The minimum atomic E-state index is -1.23. The van der Waals surface area contributed by atoms with Gasteiger partial charge < -0.3 is 25.8 Å².